The summed E-state index contributed by atoms with van der Waals surface area (Å²) in [6.07, 6.45) is 0. The summed E-state index contributed by atoms with van der Waals surface area (Å²) in [5.41, 5.74) is 1.77. The van der Waals surface area contributed by atoms with Crippen LogP contribution in [-0.4, -0.2) is 20.9 Å². The van der Waals surface area contributed by atoms with Crippen molar-refractivity contribution in [1.29, 1.82) is 0 Å². The fourth-order valence-electron chi connectivity index (χ4n) is 2.63. The molecule has 10 heteroatoms. The SMILES string of the molecule is O=C(NC(=S)Nc1nc(-c2cccc([N+](=O)[O-])c2)cs1)c1cc2ccccc2o1. The number of nitro benzene ring substituents is 1. The summed E-state index contributed by atoms with van der Waals surface area (Å²) in [7, 11) is 0. The molecule has 0 unspecified atom stereocenters. The van der Waals surface area contributed by atoms with E-state index in [0.29, 0.717) is 22.0 Å². The molecule has 4 rings (SSSR count). The Hall–Kier alpha value is -3.63. The molecule has 144 valence electrons. The number of furan rings is 1. The second-order valence-electron chi connectivity index (χ2n) is 5.90. The molecule has 1 amide bonds. The fraction of sp³-hybridized carbons (Fsp3) is 0. The summed E-state index contributed by atoms with van der Waals surface area (Å²) >= 11 is 6.43. The van der Waals surface area contributed by atoms with Crippen LogP contribution in [0, 0.1) is 10.1 Å². The monoisotopic (exact) mass is 424 g/mol. The summed E-state index contributed by atoms with van der Waals surface area (Å²) < 4.78 is 5.51. The first-order valence-corrected chi connectivity index (χ1v) is 9.59. The van der Waals surface area contributed by atoms with E-state index in [1.165, 1.54) is 23.5 Å². The third kappa shape index (κ3) is 4.13. The van der Waals surface area contributed by atoms with E-state index in [1.54, 1.807) is 29.6 Å². The van der Waals surface area contributed by atoms with Crippen LogP contribution in [0.4, 0.5) is 10.8 Å². The van der Waals surface area contributed by atoms with Crippen LogP contribution >= 0.6 is 23.6 Å². The number of nitrogens with zero attached hydrogens (tertiary/aromatic N) is 2. The number of hydrogen-bond donors (Lipinski definition) is 2. The van der Waals surface area contributed by atoms with Crippen LogP contribution in [0.5, 0.6) is 0 Å². The molecule has 8 nitrogen and oxygen atoms in total. The highest BCUT2D eigenvalue weighted by Gasteiger charge is 2.15. The number of carbonyl (C=O) groups is 1. The molecule has 0 aliphatic rings. The first-order chi connectivity index (χ1) is 14.0. The van der Waals surface area contributed by atoms with Crippen molar-refractivity contribution in [2.45, 2.75) is 0 Å². The number of amides is 1. The molecule has 0 saturated carbocycles. The highest BCUT2D eigenvalue weighted by Crippen LogP contribution is 2.27. The molecule has 0 atom stereocenters. The Balaban J connectivity index is 1.43. The van der Waals surface area contributed by atoms with Crippen molar-refractivity contribution in [1.82, 2.24) is 10.3 Å². The van der Waals surface area contributed by atoms with Crippen molar-refractivity contribution >= 4 is 56.4 Å². The lowest BCUT2D eigenvalue weighted by molar-refractivity contribution is -0.384. The Bertz CT molecular complexity index is 1210. The quantitative estimate of drug-likeness (QED) is 0.280. The minimum absolute atomic E-state index is 0.0152. The maximum absolute atomic E-state index is 12.3. The van der Waals surface area contributed by atoms with Gasteiger partial charge in [0.15, 0.2) is 16.0 Å². The van der Waals surface area contributed by atoms with Crippen molar-refractivity contribution in [3.05, 3.63) is 75.9 Å². The first kappa shape index (κ1) is 18.7. The normalized spacial score (nSPS) is 10.6. The van der Waals surface area contributed by atoms with Gasteiger partial charge in [-0.3, -0.25) is 20.2 Å². The topological polar surface area (TPSA) is 110 Å². The minimum Gasteiger partial charge on any atom is -0.451 e. The number of para-hydroxylation sites is 1. The zero-order chi connectivity index (χ0) is 20.4. The lowest BCUT2D eigenvalue weighted by atomic mass is 10.1. The van der Waals surface area contributed by atoms with Gasteiger partial charge in [-0.2, -0.15) is 0 Å². The molecule has 0 aliphatic carbocycles. The van der Waals surface area contributed by atoms with Crippen molar-refractivity contribution in [2.24, 2.45) is 0 Å². The van der Waals surface area contributed by atoms with Crippen LogP contribution in [-0.2, 0) is 0 Å². The smallest absolute Gasteiger partial charge is 0.293 e. The number of anilines is 1. The number of nitrogens with one attached hydrogen (secondary N) is 2. The van der Waals surface area contributed by atoms with Crippen LogP contribution in [0.25, 0.3) is 22.2 Å². The van der Waals surface area contributed by atoms with Crippen LogP contribution < -0.4 is 10.6 Å². The van der Waals surface area contributed by atoms with Gasteiger partial charge in [0.25, 0.3) is 11.6 Å². The van der Waals surface area contributed by atoms with Gasteiger partial charge in [-0.1, -0.05) is 30.3 Å². The second-order valence-corrected chi connectivity index (χ2v) is 7.17. The van der Waals surface area contributed by atoms with Gasteiger partial charge in [-0.25, -0.2) is 4.98 Å². The number of aromatic nitrogens is 1. The largest absolute Gasteiger partial charge is 0.451 e. The van der Waals surface area contributed by atoms with Crippen molar-refractivity contribution < 1.29 is 14.1 Å². The summed E-state index contributed by atoms with van der Waals surface area (Å²) in [5.74, 6) is -0.332. The standard InChI is InChI=1S/C19H12N4O4S2/c24-17(16-9-12-4-1-2-7-15(12)27-16)21-18(28)22-19-20-14(10-29-19)11-5-3-6-13(8-11)23(25)26/h1-10H,(H2,20,21,22,24,28). The van der Waals surface area contributed by atoms with Crippen LogP contribution in [0.3, 0.4) is 0 Å². The van der Waals surface area contributed by atoms with Crippen LogP contribution in [0.1, 0.15) is 10.6 Å². The van der Waals surface area contributed by atoms with E-state index in [1.807, 2.05) is 18.2 Å². The number of thiazole rings is 1. The van der Waals surface area contributed by atoms with E-state index in [-0.39, 0.29) is 16.6 Å². The number of benzene rings is 2. The summed E-state index contributed by atoms with van der Waals surface area (Å²) in [6.45, 7) is 0. The maximum Gasteiger partial charge on any atom is 0.293 e. The van der Waals surface area contributed by atoms with Gasteiger partial charge in [0.2, 0.25) is 0 Å². The summed E-state index contributed by atoms with van der Waals surface area (Å²) in [6, 6.07) is 15.1. The van der Waals surface area contributed by atoms with E-state index in [9.17, 15) is 14.9 Å². The van der Waals surface area contributed by atoms with Gasteiger partial charge in [-0.15, -0.1) is 11.3 Å². The zero-order valence-corrected chi connectivity index (χ0v) is 16.3. The Morgan fingerprint density at radius 1 is 1.17 bits per heavy atom. The second kappa shape index (κ2) is 7.78. The highest BCUT2D eigenvalue weighted by molar-refractivity contribution is 7.80. The Morgan fingerprint density at radius 3 is 2.79 bits per heavy atom. The summed E-state index contributed by atoms with van der Waals surface area (Å²) in [5, 5.41) is 19.4. The molecule has 0 aliphatic heterocycles. The average molecular weight is 424 g/mol. The van der Waals surface area contributed by atoms with Crippen LogP contribution in [0.2, 0.25) is 0 Å². The van der Waals surface area contributed by atoms with E-state index in [2.05, 4.69) is 15.6 Å². The number of thiocarbonyl (C=S) groups is 1. The van der Waals surface area contributed by atoms with E-state index < -0.39 is 10.8 Å². The predicted molar refractivity (Wildman–Crippen MR) is 114 cm³/mol. The van der Waals surface area contributed by atoms with Gasteiger partial charge in [0.05, 0.1) is 10.6 Å². The minimum atomic E-state index is -0.478. The molecule has 2 N–H and O–H groups in total. The van der Waals surface area contributed by atoms with Crippen molar-refractivity contribution in [3.63, 3.8) is 0 Å². The lowest BCUT2D eigenvalue weighted by Crippen LogP contribution is -2.33. The molecule has 0 spiro atoms. The van der Waals surface area contributed by atoms with E-state index in [4.69, 9.17) is 16.6 Å². The third-order valence-corrected chi connectivity index (χ3v) is 4.92. The van der Waals surface area contributed by atoms with Gasteiger partial charge in [0.1, 0.15) is 5.58 Å². The van der Waals surface area contributed by atoms with E-state index in [0.717, 1.165) is 5.39 Å². The van der Waals surface area contributed by atoms with Crippen molar-refractivity contribution in [3.8, 4) is 11.3 Å². The molecule has 2 heterocycles. The Morgan fingerprint density at radius 2 is 2.00 bits per heavy atom. The third-order valence-electron chi connectivity index (χ3n) is 3.95. The molecule has 29 heavy (non-hydrogen) atoms. The highest BCUT2D eigenvalue weighted by atomic mass is 32.1. The van der Waals surface area contributed by atoms with Gasteiger partial charge < -0.3 is 9.73 Å². The molecule has 4 aromatic rings. The zero-order valence-electron chi connectivity index (χ0n) is 14.6. The average Bonchev–Trinajstić information content (AvgIpc) is 3.35. The fourth-order valence-corrected chi connectivity index (χ4v) is 3.61. The Labute approximate surface area is 173 Å². The molecule has 0 saturated heterocycles. The number of non-ortho nitro benzene ring substituents is 1. The van der Waals surface area contributed by atoms with Crippen LogP contribution in [0.15, 0.2) is 64.4 Å². The number of nitro groups is 1. The lowest BCUT2D eigenvalue weighted by Gasteiger charge is -2.05. The molecule has 2 aromatic carbocycles. The molecule has 0 radical (unpaired) electrons. The number of hydrogen-bond acceptors (Lipinski definition) is 7. The molecule has 0 fully saturated rings. The summed E-state index contributed by atoms with van der Waals surface area (Å²) in [4.78, 5) is 27.1. The number of carbonyl (C=O) groups excluding carboxylic acids is 1. The molecular weight excluding hydrogens is 412 g/mol. The molecule has 2 aromatic heterocycles. The van der Waals surface area contributed by atoms with Gasteiger partial charge >= 0.3 is 0 Å². The Kier molecular flexibility index (Phi) is 5.02. The maximum atomic E-state index is 12.3. The number of rotatable bonds is 4. The van der Waals surface area contributed by atoms with Gasteiger partial charge in [-0.05, 0) is 24.4 Å². The van der Waals surface area contributed by atoms with E-state index >= 15 is 0 Å². The van der Waals surface area contributed by atoms with Gasteiger partial charge in [0, 0.05) is 28.5 Å². The number of fused-ring (bicyclic) bond motifs is 1. The van der Waals surface area contributed by atoms with Crippen molar-refractivity contribution in [2.75, 3.05) is 5.32 Å². The molecule has 0 bridgehead atoms. The predicted octanol–water partition coefficient (Wildman–Crippen LogP) is 4.59. The first-order valence-electron chi connectivity index (χ1n) is 8.31. The molecular formula is C19H12N4O4S2.